The minimum atomic E-state index is -0.291. The zero-order chi connectivity index (χ0) is 16.7. The molecule has 0 aliphatic rings. The van der Waals surface area contributed by atoms with Gasteiger partial charge in [0.25, 0.3) is 0 Å². The van der Waals surface area contributed by atoms with Crippen LogP contribution in [0.1, 0.15) is 53.7 Å². The summed E-state index contributed by atoms with van der Waals surface area (Å²) in [5.41, 5.74) is 1.72. The summed E-state index contributed by atoms with van der Waals surface area (Å²) in [6.07, 6.45) is 3.56. The fourth-order valence-electron chi connectivity index (χ4n) is 3.16. The van der Waals surface area contributed by atoms with Crippen LogP contribution in [0.25, 0.3) is 5.65 Å². The number of nitrogens with one attached hydrogen (secondary N) is 1. The monoisotopic (exact) mass is 369 g/mol. The maximum Gasteiger partial charge on any atom is 0.142 e. The minimum Gasteiger partial charge on any atom is -0.365 e. The van der Waals surface area contributed by atoms with Gasteiger partial charge in [-0.25, -0.2) is 9.37 Å². The fourth-order valence-corrected chi connectivity index (χ4v) is 3.48. The van der Waals surface area contributed by atoms with Gasteiger partial charge < -0.3 is 5.32 Å². The second kappa shape index (κ2) is 5.84. The molecule has 2 aromatic rings. The van der Waals surface area contributed by atoms with Crippen LogP contribution in [0.5, 0.6) is 0 Å². The molecular formula is C17H25BrFN3. The standard InChI is InChI=1S/C17H25BrFN3/c1-7-13-15(21-17(5,6)10-16(2,3)4)22-9-11(18)12(19)8-14(22)20-13/h8-9,21H,7,10H2,1-6H3. The number of aromatic nitrogens is 2. The van der Waals surface area contributed by atoms with Crippen molar-refractivity contribution in [3.63, 3.8) is 0 Å². The third-order valence-corrected chi connectivity index (χ3v) is 4.08. The molecule has 3 nitrogen and oxygen atoms in total. The quantitative estimate of drug-likeness (QED) is 0.778. The van der Waals surface area contributed by atoms with Crippen LogP contribution in [-0.4, -0.2) is 14.9 Å². The SMILES string of the molecule is CCc1nc2cc(F)c(Br)cn2c1NC(C)(C)CC(C)(C)C. The Kier molecular flexibility index (Phi) is 4.58. The van der Waals surface area contributed by atoms with E-state index in [1.807, 2.05) is 4.40 Å². The van der Waals surface area contributed by atoms with Crippen LogP contribution in [0.2, 0.25) is 0 Å². The Balaban J connectivity index is 2.47. The van der Waals surface area contributed by atoms with Gasteiger partial charge in [-0.2, -0.15) is 0 Å². The average molecular weight is 370 g/mol. The first-order valence-corrected chi connectivity index (χ1v) is 8.46. The van der Waals surface area contributed by atoms with Crippen LogP contribution >= 0.6 is 15.9 Å². The van der Waals surface area contributed by atoms with Crippen LogP contribution in [-0.2, 0) is 6.42 Å². The van der Waals surface area contributed by atoms with E-state index in [9.17, 15) is 4.39 Å². The molecule has 0 aliphatic heterocycles. The molecule has 2 aromatic heterocycles. The van der Waals surface area contributed by atoms with E-state index in [1.165, 1.54) is 6.07 Å². The molecule has 0 spiro atoms. The molecule has 2 heterocycles. The van der Waals surface area contributed by atoms with Crippen molar-refractivity contribution in [2.75, 3.05) is 5.32 Å². The molecule has 0 radical (unpaired) electrons. The van der Waals surface area contributed by atoms with Crippen molar-refractivity contribution in [3.8, 4) is 0 Å². The van der Waals surface area contributed by atoms with Gasteiger partial charge in [-0.3, -0.25) is 4.40 Å². The van der Waals surface area contributed by atoms with Crippen molar-refractivity contribution in [2.45, 2.75) is 59.9 Å². The molecule has 5 heteroatoms. The second-order valence-corrected chi connectivity index (χ2v) is 8.56. The summed E-state index contributed by atoms with van der Waals surface area (Å²) < 4.78 is 16.1. The van der Waals surface area contributed by atoms with Crippen LogP contribution in [0.15, 0.2) is 16.7 Å². The van der Waals surface area contributed by atoms with Gasteiger partial charge in [-0.1, -0.05) is 27.7 Å². The number of aryl methyl sites for hydroxylation is 1. The second-order valence-electron chi connectivity index (χ2n) is 7.70. The van der Waals surface area contributed by atoms with Gasteiger partial charge >= 0.3 is 0 Å². The van der Waals surface area contributed by atoms with Crippen molar-refractivity contribution >= 4 is 27.4 Å². The van der Waals surface area contributed by atoms with Crippen molar-refractivity contribution in [1.82, 2.24) is 9.38 Å². The minimum absolute atomic E-state index is 0.0843. The zero-order valence-electron chi connectivity index (χ0n) is 14.2. The lowest BCUT2D eigenvalue weighted by Gasteiger charge is -2.34. The first-order valence-electron chi connectivity index (χ1n) is 7.66. The molecule has 122 valence electrons. The van der Waals surface area contributed by atoms with Gasteiger partial charge in [-0.05, 0) is 48.0 Å². The summed E-state index contributed by atoms with van der Waals surface area (Å²) in [6.45, 7) is 13.1. The van der Waals surface area contributed by atoms with Crippen LogP contribution in [0.4, 0.5) is 10.2 Å². The van der Waals surface area contributed by atoms with Gasteiger partial charge in [0.05, 0.1) is 10.2 Å². The molecule has 22 heavy (non-hydrogen) atoms. The third kappa shape index (κ3) is 3.80. The van der Waals surface area contributed by atoms with Crippen molar-refractivity contribution in [2.24, 2.45) is 5.41 Å². The smallest absolute Gasteiger partial charge is 0.142 e. The molecule has 0 amide bonds. The van der Waals surface area contributed by atoms with Crippen molar-refractivity contribution in [3.05, 3.63) is 28.2 Å². The van der Waals surface area contributed by atoms with E-state index in [0.717, 1.165) is 24.4 Å². The summed E-state index contributed by atoms with van der Waals surface area (Å²) in [4.78, 5) is 4.55. The lowest BCUT2D eigenvalue weighted by molar-refractivity contribution is 0.302. The highest BCUT2D eigenvalue weighted by Crippen LogP contribution is 2.32. The van der Waals surface area contributed by atoms with E-state index in [4.69, 9.17) is 0 Å². The molecule has 0 aromatic carbocycles. The number of pyridine rings is 1. The highest BCUT2D eigenvalue weighted by molar-refractivity contribution is 9.10. The summed E-state index contributed by atoms with van der Waals surface area (Å²) in [5.74, 6) is 0.660. The normalized spacial score (nSPS) is 12.9. The maximum absolute atomic E-state index is 13.7. The van der Waals surface area contributed by atoms with Crippen molar-refractivity contribution in [1.29, 1.82) is 0 Å². The number of halogens is 2. The molecule has 0 fully saturated rings. The Morgan fingerprint density at radius 2 is 1.91 bits per heavy atom. The number of rotatable bonds is 4. The molecule has 0 atom stereocenters. The third-order valence-electron chi connectivity index (χ3n) is 3.50. The average Bonchev–Trinajstić information content (AvgIpc) is 2.64. The summed E-state index contributed by atoms with van der Waals surface area (Å²) in [5, 5.41) is 3.62. The number of hydrogen-bond acceptors (Lipinski definition) is 2. The van der Waals surface area contributed by atoms with E-state index in [-0.39, 0.29) is 16.8 Å². The number of hydrogen-bond donors (Lipinski definition) is 1. The van der Waals surface area contributed by atoms with Gasteiger partial charge in [-0.15, -0.1) is 0 Å². The van der Waals surface area contributed by atoms with Gasteiger partial charge in [0.1, 0.15) is 17.3 Å². The highest BCUT2D eigenvalue weighted by atomic mass is 79.9. The van der Waals surface area contributed by atoms with Gasteiger partial charge in [0.2, 0.25) is 0 Å². The highest BCUT2D eigenvalue weighted by Gasteiger charge is 2.27. The van der Waals surface area contributed by atoms with Crippen LogP contribution in [0, 0.1) is 11.2 Å². The molecule has 0 unspecified atom stereocenters. The summed E-state index contributed by atoms with van der Waals surface area (Å²) in [7, 11) is 0. The van der Waals surface area contributed by atoms with Crippen LogP contribution in [0.3, 0.4) is 0 Å². The number of fused-ring (bicyclic) bond motifs is 1. The Labute approximate surface area is 140 Å². The largest absolute Gasteiger partial charge is 0.365 e. The first-order chi connectivity index (χ1) is 10.0. The Morgan fingerprint density at radius 1 is 1.27 bits per heavy atom. The van der Waals surface area contributed by atoms with E-state index in [2.05, 4.69) is 67.8 Å². The van der Waals surface area contributed by atoms with E-state index in [0.29, 0.717) is 10.1 Å². The molecule has 1 N–H and O–H groups in total. The van der Waals surface area contributed by atoms with E-state index >= 15 is 0 Å². The molecule has 0 bridgehead atoms. The molecule has 2 rings (SSSR count). The van der Waals surface area contributed by atoms with Gasteiger partial charge in [0, 0.05) is 17.8 Å². The predicted molar refractivity (Wildman–Crippen MR) is 94.0 cm³/mol. The first kappa shape index (κ1) is 17.3. The maximum atomic E-state index is 13.7. The lowest BCUT2D eigenvalue weighted by atomic mass is 9.82. The summed E-state index contributed by atoms with van der Waals surface area (Å²) >= 11 is 3.26. The molecule has 0 aliphatic carbocycles. The van der Waals surface area contributed by atoms with E-state index in [1.54, 1.807) is 6.20 Å². The topological polar surface area (TPSA) is 29.3 Å². The lowest BCUT2D eigenvalue weighted by Crippen LogP contribution is -2.36. The van der Waals surface area contributed by atoms with Crippen LogP contribution < -0.4 is 5.32 Å². The van der Waals surface area contributed by atoms with E-state index < -0.39 is 0 Å². The Hall–Kier alpha value is -1.10. The van der Waals surface area contributed by atoms with Gasteiger partial charge in [0.15, 0.2) is 0 Å². The predicted octanol–water partition coefficient (Wildman–Crippen LogP) is 5.43. The molecular weight excluding hydrogens is 345 g/mol. The molecule has 0 saturated heterocycles. The van der Waals surface area contributed by atoms with Crippen molar-refractivity contribution < 1.29 is 4.39 Å². The number of imidazole rings is 1. The Bertz CT molecular complexity index is 683. The number of anilines is 1. The summed E-state index contributed by atoms with van der Waals surface area (Å²) in [6, 6.07) is 1.46. The fraction of sp³-hybridized carbons (Fsp3) is 0.588. The zero-order valence-corrected chi connectivity index (χ0v) is 15.8. The Morgan fingerprint density at radius 3 is 2.45 bits per heavy atom. The number of nitrogens with zero attached hydrogens (tertiary/aromatic N) is 2. The molecule has 0 saturated carbocycles.